The van der Waals surface area contributed by atoms with Gasteiger partial charge in [-0.3, -0.25) is 9.59 Å². The van der Waals surface area contributed by atoms with Crippen molar-refractivity contribution in [1.29, 1.82) is 0 Å². The normalized spacial score (nSPS) is 19.4. The standard InChI is InChI=1S/C15H17ClN2O2/c1-9(7-17-10-5-6-10)8-18-12-4-2-3-11(16)13(12)14(19)15(18)20/h2-4,9-10,17H,5-8H2,1H3. The summed E-state index contributed by atoms with van der Waals surface area (Å²) in [5.74, 6) is -0.670. The third-order valence-electron chi connectivity index (χ3n) is 3.78. The number of carbonyl (C=O) groups excluding carboxylic acids is 2. The summed E-state index contributed by atoms with van der Waals surface area (Å²) >= 11 is 6.03. The molecule has 20 heavy (non-hydrogen) atoms. The highest BCUT2D eigenvalue weighted by atomic mass is 35.5. The van der Waals surface area contributed by atoms with Crippen LogP contribution in [0.3, 0.4) is 0 Å². The molecule has 2 aliphatic rings. The Kier molecular flexibility index (Phi) is 3.52. The molecule has 3 rings (SSSR count). The third-order valence-corrected chi connectivity index (χ3v) is 4.09. The van der Waals surface area contributed by atoms with Crippen molar-refractivity contribution in [3.05, 3.63) is 28.8 Å². The van der Waals surface area contributed by atoms with Crippen LogP contribution < -0.4 is 10.2 Å². The van der Waals surface area contributed by atoms with Crippen molar-refractivity contribution in [3.8, 4) is 0 Å². The van der Waals surface area contributed by atoms with Crippen LogP contribution in [-0.2, 0) is 4.79 Å². The molecule has 1 aliphatic carbocycles. The van der Waals surface area contributed by atoms with E-state index in [1.54, 1.807) is 23.1 Å². The van der Waals surface area contributed by atoms with Crippen molar-refractivity contribution < 1.29 is 9.59 Å². The molecule has 0 radical (unpaired) electrons. The molecule has 1 heterocycles. The predicted molar refractivity (Wildman–Crippen MR) is 78.3 cm³/mol. The summed E-state index contributed by atoms with van der Waals surface area (Å²) in [6, 6.07) is 5.85. The number of carbonyl (C=O) groups is 2. The maximum Gasteiger partial charge on any atom is 0.299 e. The first kappa shape index (κ1) is 13.6. The molecule has 1 N–H and O–H groups in total. The average Bonchev–Trinajstić information content (AvgIpc) is 3.21. The first-order valence-electron chi connectivity index (χ1n) is 6.96. The number of benzene rings is 1. The van der Waals surface area contributed by atoms with E-state index in [1.165, 1.54) is 12.8 Å². The lowest BCUT2D eigenvalue weighted by Gasteiger charge is -2.21. The van der Waals surface area contributed by atoms with E-state index in [-0.39, 0.29) is 5.92 Å². The molecule has 1 amide bonds. The summed E-state index contributed by atoms with van der Waals surface area (Å²) in [5, 5.41) is 3.80. The fourth-order valence-corrected chi connectivity index (χ4v) is 2.77. The minimum atomic E-state index is -0.493. The van der Waals surface area contributed by atoms with Crippen molar-refractivity contribution in [2.45, 2.75) is 25.8 Å². The molecule has 0 spiro atoms. The number of rotatable bonds is 5. The quantitative estimate of drug-likeness (QED) is 0.847. The molecule has 0 aromatic heterocycles. The van der Waals surface area contributed by atoms with Gasteiger partial charge in [-0.05, 0) is 37.4 Å². The zero-order valence-corrected chi connectivity index (χ0v) is 12.1. The van der Waals surface area contributed by atoms with E-state index in [4.69, 9.17) is 11.6 Å². The van der Waals surface area contributed by atoms with Crippen molar-refractivity contribution >= 4 is 29.0 Å². The van der Waals surface area contributed by atoms with Crippen LogP contribution in [0.25, 0.3) is 0 Å². The Morgan fingerprint density at radius 3 is 2.85 bits per heavy atom. The topological polar surface area (TPSA) is 49.4 Å². The van der Waals surface area contributed by atoms with Gasteiger partial charge in [0.1, 0.15) is 0 Å². The Balaban J connectivity index is 1.75. The fourth-order valence-electron chi connectivity index (χ4n) is 2.51. The zero-order chi connectivity index (χ0) is 14.3. The van der Waals surface area contributed by atoms with Gasteiger partial charge in [0.25, 0.3) is 11.7 Å². The molecule has 106 valence electrons. The van der Waals surface area contributed by atoms with Gasteiger partial charge in [0, 0.05) is 12.6 Å². The summed E-state index contributed by atoms with van der Waals surface area (Å²) in [7, 11) is 0. The second-order valence-electron chi connectivity index (χ2n) is 5.67. The maximum absolute atomic E-state index is 12.1. The largest absolute Gasteiger partial charge is 0.314 e. The van der Waals surface area contributed by atoms with Crippen LogP contribution in [0, 0.1) is 5.92 Å². The third kappa shape index (κ3) is 2.45. The van der Waals surface area contributed by atoms with Gasteiger partial charge in [0.15, 0.2) is 0 Å². The number of nitrogens with one attached hydrogen (secondary N) is 1. The number of halogens is 1. The van der Waals surface area contributed by atoms with Gasteiger partial charge in [-0.25, -0.2) is 0 Å². The molecular formula is C15H17ClN2O2. The van der Waals surface area contributed by atoms with Gasteiger partial charge in [-0.2, -0.15) is 0 Å². The molecule has 1 atom stereocenters. The zero-order valence-electron chi connectivity index (χ0n) is 11.4. The van der Waals surface area contributed by atoms with E-state index in [9.17, 15) is 9.59 Å². The maximum atomic E-state index is 12.1. The van der Waals surface area contributed by atoms with Gasteiger partial charge in [-0.15, -0.1) is 0 Å². The van der Waals surface area contributed by atoms with Crippen molar-refractivity contribution in [1.82, 2.24) is 5.32 Å². The summed E-state index contributed by atoms with van der Waals surface area (Å²) in [6.07, 6.45) is 2.48. The Morgan fingerprint density at radius 1 is 1.40 bits per heavy atom. The van der Waals surface area contributed by atoms with Crippen LogP contribution >= 0.6 is 11.6 Å². The van der Waals surface area contributed by atoms with Crippen LogP contribution in [0.2, 0.25) is 5.02 Å². The summed E-state index contributed by atoms with van der Waals surface area (Å²) in [4.78, 5) is 25.7. The second-order valence-corrected chi connectivity index (χ2v) is 6.07. The highest BCUT2D eigenvalue weighted by Crippen LogP contribution is 2.34. The van der Waals surface area contributed by atoms with E-state index in [1.807, 2.05) is 0 Å². The molecule has 1 unspecified atom stereocenters. The number of anilines is 1. The van der Waals surface area contributed by atoms with E-state index in [0.717, 1.165) is 6.54 Å². The van der Waals surface area contributed by atoms with Gasteiger partial charge in [0.2, 0.25) is 0 Å². The highest BCUT2D eigenvalue weighted by molar-refractivity contribution is 6.55. The highest BCUT2D eigenvalue weighted by Gasteiger charge is 2.37. The molecule has 1 saturated carbocycles. The van der Waals surface area contributed by atoms with Gasteiger partial charge in [0.05, 0.1) is 16.3 Å². The smallest absolute Gasteiger partial charge is 0.299 e. The number of amides is 1. The van der Waals surface area contributed by atoms with Crippen LogP contribution in [0.5, 0.6) is 0 Å². The van der Waals surface area contributed by atoms with Crippen LogP contribution in [0.15, 0.2) is 18.2 Å². The van der Waals surface area contributed by atoms with Crippen molar-refractivity contribution in [3.63, 3.8) is 0 Å². The lowest BCUT2D eigenvalue weighted by molar-refractivity contribution is -0.114. The molecule has 1 aromatic carbocycles. The minimum Gasteiger partial charge on any atom is -0.314 e. The molecule has 4 nitrogen and oxygen atoms in total. The fraction of sp³-hybridized carbons (Fsp3) is 0.467. The molecule has 1 aliphatic heterocycles. The monoisotopic (exact) mass is 292 g/mol. The molecule has 0 bridgehead atoms. The second kappa shape index (κ2) is 5.19. The Labute approximate surface area is 123 Å². The minimum absolute atomic E-state index is 0.289. The number of hydrogen-bond acceptors (Lipinski definition) is 3. The summed E-state index contributed by atoms with van der Waals surface area (Å²) in [5.41, 5.74) is 0.993. The lowest BCUT2D eigenvalue weighted by atomic mass is 10.1. The van der Waals surface area contributed by atoms with E-state index in [0.29, 0.717) is 28.9 Å². The molecule has 1 fully saturated rings. The number of ketones is 1. The number of hydrogen-bond donors (Lipinski definition) is 1. The first-order chi connectivity index (χ1) is 9.58. The first-order valence-corrected chi connectivity index (χ1v) is 7.34. The molecular weight excluding hydrogens is 276 g/mol. The molecule has 1 aromatic rings. The van der Waals surface area contributed by atoms with Gasteiger partial charge in [-0.1, -0.05) is 24.6 Å². The van der Waals surface area contributed by atoms with Gasteiger partial charge < -0.3 is 10.2 Å². The van der Waals surface area contributed by atoms with Crippen LogP contribution in [-0.4, -0.2) is 30.8 Å². The molecule has 0 saturated heterocycles. The number of fused-ring (bicyclic) bond motifs is 1. The van der Waals surface area contributed by atoms with Gasteiger partial charge >= 0.3 is 0 Å². The lowest BCUT2D eigenvalue weighted by Crippen LogP contribution is -2.37. The summed E-state index contributed by atoms with van der Waals surface area (Å²) in [6.45, 7) is 3.48. The number of Topliss-reactive ketones (excluding diaryl/α,β-unsaturated/α-hetero) is 1. The summed E-state index contributed by atoms with van der Waals surface area (Å²) < 4.78 is 0. The van der Waals surface area contributed by atoms with E-state index >= 15 is 0 Å². The Morgan fingerprint density at radius 2 is 2.15 bits per heavy atom. The van der Waals surface area contributed by atoms with E-state index in [2.05, 4.69) is 12.2 Å². The number of nitrogens with zero attached hydrogens (tertiary/aromatic N) is 1. The van der Waals surface area contributed by atoms with Crippen LogP contribution in [0.1, 0.15) is 30.1 Å². The average molecular weight is 293 g/mol. The SMILES string of the molecule is CC(CNC1CC1)CN1C(=O)C(=O)c2c(Cl)cccc21. The van der Waals surface area contributed by atoms with Crippen LogP contribution in [0.4, 0.5) is 5.69 Å². The van der Waals surface area contributed by atoms with Crippen molar-refractivity contribution in [2.24, 2.45) is 5.92 Å². The van der Waals surface area contributed by atoms with E-state index < -0.39 is 11.7 Å². The Bertz CT molecular complexity index is 569. The molecule has 5 heteroatoms. The predicted octanol–water partition coefficient (Wildman–Crippen LogP) is 2.26. The Hall–Kier alpha value is -1.39. The van der Waals surface area contributed by atoms with Crippen molar-refractivity contribution in [2.75, 3.05) is 18.0 Å².